The predicted molar refractivity (Wildman–Crippen MR) is 273 cm³/mol. The van der Waals surface area contributed by atoms with Gasteiger partial charge in [0.25, 0.3) is 0 Å². The van der Waals surface area contributed by atoms with Gasteiger partial charge in [-0.05, 0) is 52.7 Å². The Morgan fingerprint density at radius 1 is 0.328 bits per heavy atom. The molecule has 6 heteroatoms. The molecule has 4 heterocycles. The molecule has 67 heavy (non-hydrogen) atoms. The second-order valence-corrected chi connectivity index (χ2v) is 17.1. The minimum Gasteiger partial charge on any atom is -0.456 e. The Morgan fingerprint density at radius 2 is 0.896 bits per heavy atom. The number of aromatic nitrogens is 4. The Bertz CT molecular complexity index is 4280. The fourth-order valence-corrected chi connectivity index (χ4v) is 10.2. The molecule has 0 aliphatic carbocycles. The van der Waals surface area contributed by atoms with E-state index in [1.807, 2.05) is 60.7 Å². The average molecular weight is 857 g/mol. The van der Waals surface area contributed by atoms with Crippen LogP contribution in [0.3, 0.4) is 0 Å². The third kappa shape index (κ3) is 5.86. The van der Waals surface area contributed by atoms with Crippen LogP contribution in [0.15, 0.2) is 227 Å². The van der Waals surface area contributed by atoms with E-state index in [2.05, 4.69) is 162 Å². The minimum absolute atomic E-state index is 0.566. The summed E-state index contributed by atoms with van der Waals surface area (Å²) >= 11 is 0. The molecular formula is C61H36N4O2. The van der Waals surface area contributed by atoms with Gasteiger partial charge in [-0.15, -0.1) is 0 Å². The highest BCUT2D eigenvalue weighted by Gasteiger charge is 2.23. The number of benzene rings is 10. The first-order chi connectivity index (χ1) is 33.2. The molecule has 0 spiro atoms. The Kier molecular flexibility index (Phi) is 8.18. The summed E-state index contributed by atoms with van der Waals surface area (Å²) in [5.74, 6) is 1.73. The van der Waals surface area contributed by atoms with E-state index in [9.17, 15) is 0 Å². The zero-order chi connectivity index (χ0) is 44.0. The van der Waals surface area contributed by atoms with E-state index in [4.69, 9.17) is 23.8 Å². The molecule has 0 saturated heterocycles. The molecule has 6 nitrogen and oxygen atoms in total. The normalized spacial score (nSPS) is 11.9. The van der Waals surface area contributed by atoms with Crippen molar-refractivity contribution in [2.24, 2.45) is 0 Å². The monoisotopic (exact) mass is 856 g/mol. The molecule has 10 aromatic carbocycles. The molecule has 0 aliphatic rings. The molecular weight excluding hydrogens is 821 g/mol. The molecule has 0 saturated carbocycles. The second-order valence-electron chi connectivity index (χ2n) is 17.1. The van der Waals surface area contributed by atoms with Gasteiger partial charge in [0.2, 0.25) is 0 Å². The van der Waals surface area contributed by atoms with Crippen LogP contribution < -0.4 is 0 Å². The highest BCUT2D eigenvalue weighted by molar-refractivity contribution is 6.24. The van der Waals surface area contributed by atoms with E-state index in [1.165, 1.54) is 16.2 Å². The summed E-state index contributed by atoms with van der Waals surface area (Å²) in [5, 5.41) is 9.04. The van der Waals surface area contributed by atoms with Crippen molar-refractivity contribution in [3.63, 3.8) is 0 Å². The molecule has 0 fully saturated rings. The third-order valence-corrected chi connectivity index (χ3v) is 13.2. The molecule has 0 aliphatic heterocycles. The Hall–Kier alpha value is -9.13. The van der Waals surface area contributed by atoms with Crippen LogP contribution in [0.5, 0.6) is 0 Å². The quantitative estimate of drug-likeness (QED) is 0.167. The van der Waals surface area contributed by atoms with Gasteiger partial charge in [0.1, 0.15) is 22.3 Å². The lowest BCUT2D eigenvalue weighted by Gasteiger charge is -2.14. The van der Waals surface area contributed by atoms with Gasteiger partial charge in [-0.1, -0.05) is 182 Å². The van der Waals surface area contributed by atoms with E-state index in [-0.39, 0.29) is 0 Å². The van der Waals surface area contributed by atoms with Crippen LogP contribution in [0.2, 0.25) is 0 Å². The summed E-state index contributed by atoms with van der Waals surface area (Å²) in [6, 6.07) is 76.2. The molecule has 0 atom stereocenters. The molecule has 312 valence electrons. The number of para-hydroxylation sites is 4. The van der Waals surface area contributed by atoms with Gasteiger partial charge < -0.3 is 13.4 Å². The molecule has 0 radical (unpaired) electrons. The molecule has 0 amide bonds. The van der Waals surface area contributed by atoms with E-state index < -0.39 is 0 Å². The van der Waals surface area contributed by atoms with Gasteiger partial charge in [0.15, 0.2) is 17.5 Å². The van der Waals surface area contributed by atoms with Crippen LogP contribution in [0.1, 0.15) is 0 Å². The lowest BCUT2D eigenvalue weighted by atomic mass is 9.98. The number of furan rings is 2. The van der Waals surface area contributed by atoms with E-state index >= 15 is 0 Å². The highest BCUT2D eigenvalue weighted by Crippen LogP contribution is 2.45. The van der Waals surface area contributed by atoms with Gasteiger partial charge in [0.05, 0.1) is 11.0 Å². The third-order valence-electron chi connectivity index (χ3n) is 13.2. The van der Waals surface area contributed by atoms with Gasteiger partial charge in [-0.3, -0.25) is 0 Å². The van der Waals surface area contributed by atoms with Crippen LogP contribution in [0.4, 0.5) is 0 Å². The predicted octanol–water partition coefficient (Wildman–Crippen LogP) is 16.3. The summed E-state index contributed by atoms with van der Waals surface area (Å²) in [4.78, 5) is 15.5. The minimum atomic E-state index is 0.566. The maximum absolute atomic E-state index is 7.04. The summed E-state index contributed by atoms with van der Waals surface area (Å²) in [7, 11) is 0. The van der Waals surface area contributed by atoms with Crippen LogP contribution in [-0.4, -0.2) is 19.5 Å². The van der Waals surface area contributed by atoms with Crippen LogP contribution in [-0.2, 0) is 0 Å². The van der Waals surface area contributed by atoms with Gasteiger partial charge in [-0.2, -0.15) is 0 Å². The van der Waals surface area contributed by atoms with Crippen molar-refractivity contribution < 1.29 is 8.83 Å². The molecule has 14 rings (SSSR count). The first kappa shape index (κ1) is 37.3. The van der Waals surface area contributed by atoms with Crippen LogP contribution in [0, 0.1) is 0 Å². The van der Waals surface area contributed by atoms with Crippen molar-refractivity contribution in [2.75, 3.05) is 0 Å². The summed E-state index contributed by atoms with van der Waals surface area (Å²) < 4.78 is 15.8. The van der Waals surface area contributed by atoms with E-state index in [0.717, 1.165) is 105 Å². The molecule has 0 N–H and O–H groups in total. The zero-order valence-electron chi connectivity index (χ0n) is 35.9. The zero-order valence-corrected chi connectivity index (χ0v) is 35.9. The second kappa shape index (κ2) is 14.7. The maximum atomic E-state index is 7.04. The fourth-order valence-electron chi connectivity index (χ4n) is 10.2. The van der Waals surface area contributed by atoms with Crippen molar-refractivity contribution in [3.8, 4) is 62.1 Å². The first-order valence-electron chi connectivity index (χ1n) is 22.5. The SMILES string of the molecule is c1ccc(-c2nc(-c3cccc(-n4c5ccc6ccccc6c5c5cccc(-c6cccc7c6oc6c(-c8ccccc8)cccc67)c54)c3)nc(-c3ccc4c(c3)oc3ccccc34)n2)cc1. The number of fused-ring (bicyclic) bond motifs is 11. The lowest BCUT2D eigenvalue weighted by Crippen LogP contribution is -2.01. The summed E-state index contributed by atoms with van der Waals surface area (Å²) in [5.41, 5.74) is 13.4. The van der Waals surface area contributed by atoms with Crippen molar-refractivity contribution in [1.29, 1.82) is 0 Å². The fraction of sp³-hybridized carbons (Fsp3) is 0. The Labute approximate surface area is 383 Å². The van der Waals surface area contributed by atoms with Crippen LogP contribution in [0.25, 0.3) is 139 Å². The average Bonchev–Trinajstić information content (AvgIpc) is 4.09. The smallest absolute Gasteiger partial charge is 0.164 e. The number of rotatable bonds is 6. The van der Waals surface area contributed by atoms with Crippen molar-refractivity contribution >= 4 is 76.5 Å². The number of nitrogens with zero attached hydrogens (tertiary/aromatic N) is 4. The van der Waals surface area contributed by atoms with Gasteiger partial charge >= 0.3 is 0 Å². The van der Waals surface area contributed by atoms with Crippen molar-refractivity contribution in [2.45, 2.75) is 0 Å². The maximum Gasteiger partial charge on any atom is 0.164 e. The van der Waals surface area contributed by atoms with E-state index in [0.29, 0.717) is 17.5 Å². The summed E-state index contributed by atoms with van der Waals surface area (Å²) in [6.45, 7) is 0. The topological polar surface area (TPSA) is 69.9 Å². The van der Waals surface area contributed by atoms with Gasteiger partial charge in [-0.25, -0.2) is 15.0 Å². The van der Waals surface area contributed by atoms with Crippen molar-refractivity contribution in [1.82, 2.24) is 19.5 Å². The molecule has 4 aromatic heterocycles. The highest BCUT2D eigenvalue weighted by atomic mass is 16.3. The Morgan fingerprint density at radius 3 is 1.69 bits per heavy atom. The lowest BCUT2D eigenvalue weighted by molar-refractivity contribution is 0.669. The van der Waals surface area contributed by atoms with Crippen molar-refractivity contribution in [3.05, 3.63) is 218 Å². The largest absolute Gasteiger partial charge is 0.456 e. The van der Waals surface area contributed by atoms with Gasteiger partial charge in [0, 0.05) is 71.4 Å². The van der Waals surface area contributed by atoms with Crippen LogP contribution >= 0.6 is 0 Å². The molecule has 0 bridgehead atoms. The molecule has 14 aromatic rings. The molecule has 0 unspecified atom stereocenters. The summed E-state index contributed by atoms with van der Waals surface area (Å²) in [6.07, 6.45) is 0. The van der Waals surface area contributed by atoms with E-state index in [1.54, 1.807) is 0 Å². The standard InChI is InChI=1S/C61H36N4O2/c1-3-15-37(16-4-1)44-24-12-27-49-50-28-14-26-48(58(50)67-57(44)49)47-25-13-29-51-55-43-22-8-7-17-38(43)32-34-52(55)65(56(47)51)42-21-11-20-40(35-42)60-62-59(39-18-5-2-6-19-39)63-61(64-60)41-31-33-46-45-23-9-10-30-53(45)66-54(46)36-41/h1-36H. The first-order valence-corrected chi connectivity index (χ1v) is 22.5. The Balaban J connectivity index is 0.999. The number of hydrogen-bond acceptors (Lipinski definition) is 5. The number of hydrogen-bond donors (Lipinski definition) is 0.